The molecule has 1 aromatic heterocycles. The number of benzene rings is 1. The van der Waals surface area contributed by atoms with E-state index in [1.807, 2.05) is 0 Å². The normalized spacial score (nSPS) is 24.9. The van der Waals surface area contributed by atoms with Gasteiger partial charge in [-0.15, -0.1) is 0 Å². The van der Waals surface area contributed by atoms with Crippen LogP contribution >= 0.6 is 0 Å². The molecule has 2 heterocycles. The number of nitrogens with one attached hydrogen (secondary N) is 1. The molecule has 1 aliphatic heterocycles. The predicted molar refractivity (Wildman–Crippen MR) is 92.3 cm³/mol. The van der Waals surface area contributed by atoms with E-state index < -0.39 is 32.6 Å². The second-order valence-electron chi connectivity index (χ2n) is 6.91. The molecule has 1 aliphatic carbocycles. The average Bonchev–Trinajstić information content (AvgIpc) is 3.22. The Labute approximate surface area is 155 Å². The van der Waals surface area contributed by atoms with Gasteiger partial charge in [0, 0.05) is 37.1 Å². The van der Waals surface area contributed by atoms with Crippen molar-refractivity contribution in [2.45, 2.75) is 29.8 Å². The van der Waals surface area contributed by atoms with Crippen molar-refractivity contribution in [1.82, 2.24) is 14.6 Å². The van der Waals surface area contributed by atoms with E-state index in [0.29, 0.717) is 24.5 Å². The van der Waals surface area contributed by atoms with Gasteiger partial charge in [-0.25, -0.2) is 17.2 Å². The second kappa shape index (κ2) is 6.65. The number of nitrogens with zero attached hydrogens (tertiary/aromatic N) is 2. The van der Waals surface area contributed by atoms with Crippen LogP contribution in [0.5, 0.6) is 0 Å². The number of hydrogen-bond acceptors (Lipinski definition) is 4. The maximum atomic E-state index is 13.5. The van der Waals surface area contributed by atoms with Gasteiger partial charge in [0.05, 0.1) is 10.5 Å². The molecule has 27 heavy (non-hydrogen) atoms. The summed E-state index contributed by atoms with van der Waals surface area (Å²) in [5.74, 6) is -2.11. The molecule has 0 radical (unpaired) electrons. The Kier molecular flexibility index (Phi) is 4.43. The summed E-state index contributed by atoms with van der Waals surface area (Å²) in [4.78, 5) is 15.9. The van der Waals surface area contributed by atoms with Crippen LogP contribution in [0.4, 0.5) is 8.78 Å². The third kappa shape index (κ3) is 3.32. The summed E-state index contributed by atoms with van der Waals surface area (Å²) in [6, 6.07) is 4.73. The van der Waals surface area contributed by atoms with E-state index in [2.05, 4.69) is 10.3 Å². The van der Waals surface area contributed by atoms with Crippen LogP contribution in [0, 0.1) is 17.6 Å². The molecular weight excluding hydrogens is 376 g/mol. The Hall–Kier alpha value is -2.39. The third-order valence-corrected chi connectivity index (χ3v) is 6.99. The summed E-state index contributed by atoms with van der Waals surface area (Å²) in [6.07, 6.45) is 4.27. The number of sulfonamides is 1. The molecule has 2 bridgehead atoms. The Morgan fingerprint density at radius 2 is 1.93 bits per heavy atom. The van der Waals surface area contributed by atoms with Gasteiger partial charge in [-0.3, -0.25) is 9.78 Å². The van der Waals surface area contributed by atoms with E-state index in [1.54, 1.807) is 18.3 Å². The number of fused-ring (bicyclic) bond motifs is 2. The largest absolute Gasteiger partial charge is 0.348 e. The first-order chi connectivity index (χ1) is 12.8. The quantitative estimate of drug-likeness (QED) is 0.861. The zero-order valence-electron chi connectivity index (χ0n) is 14.2. The summed E-state index contributed by atoms with van der Waals surface area (Å²) in [6.45, 7) is 0.282. The minimum Gasteiger partial charge on any atom is -0.348 e. The van der Waals surface area contributed by atoms with Gasteiger partial charge in [0.2, 0.25) is 10.0 Å². The van der Waals surface area contributed by atoms with Crippen LogP contribution in [0.25, 0.3) is 0 Å². The van der Waals surface area contributed by atoms with Crippen molar-refractivity contribution in [2.24, 2.45) is 5.92 Å². The van der Waals surface area contributed by atoms with Crippen LogP contribution in [0.15, 0.2) is 47.6 Å². The first-order valence-corrected chi connectivity index (χ1v) is 9.97. The maximum Gasteiger partial charge on any atom is 0.253 e. The van der Waals surface area contributed by atoms with Crippen LogP contribution in [0.3, 0.4) is 0 Å². The van der Waals surface area contributed by atoms with Crippen molar-refractivity contribution in [3.63, 3.8) is 0 Å². The van der Waals surface area contributed by atoms with Gasteiger partial charge < -0.3 is 5.32 Å². The molecule has 1 saturated carbocycles. The van der Waals surface area contributed by atoms with Crippen molar-refractivity contribution in [1.29, 1.82) is 0 Å². The van der Waals surface area contributed by atoms with Crippen LogP contribution in [0.1, 0.15) is 23.2 Å². The Bertz CT molecular complexity index is 964. The molecular formula is C18H17F2N3O3S. The van der Waals surface area contributed by atoms with Gasteiger partial charge >= 0.3 is 0 Å². The number of piperidine rings is 1. The van der Waals surface area contributed by atoms with Gasteiger partial charge in [-0.05, 0) is 43.0 Å². The highest BCUT2D eigenvalue weighted by Crippen LogP contribution is 2.41. The molecule has 142 valence electrons. The molecule has 0 spiro atoms. The summed E-state index contributed by atoms with van der Waals surface area (Å²) < 4.78 is 54.0. The lowest BCUT2D eigenvalue weighted by Crippen LogP contribution is -2.51. The fraction of sp³-hybridized carbons (Fsp3) is 0.333. The van der Waals surface area contributed by atoms with Crippen LogP contribution in [-0.2, 0) is 10.0 Å². The highest BCUT2D eigenvalue weighted by atomic mass is 32.2. The Morgan fingerprint density at radius 1 is 1.19 bits per heavy atom. The summed E-state index contributed by atoms with van der Waals surface area (Å²) >= 11 is 0. The number of carbonyl (C=O) groups excluding carboxylic acids is 1. The zero-order valence-corrected chi connectivity index (χ0v) is 15.0. The van der Waals surface area contributed by atoms with Crippen LogP contribution in [-0.4, -0.2) is 42.2 Å². The van der Waals surface area contributed by atoms with Gasteiger partial charge in [0.1, 0.15) is 11.6 Å². The SMILES string of the molecule is O=C(NC1CC2CC1N(S(=O)(=O)c1cc(F)cc(F)c1)C2)c1cccnc1. The monoisotopic (exact) mass is 393 g/mol. The minimum atomic E-state index is -4.06. The van der Waals surface area contributed by atoms with Crippen molar-refractivity contribution in [2.75, 3.05) is 6.54 Å². The van der Waals surface area contributed by atoms with Crippen LogP contribution in [0.2, 0.25) is 0 Å². The number of carbonyl (C=O) groups is 1. The predicted octanol–water partition coefficient (Wildman–Crippen LogP) is 1.94. The van der Waals surface area contributed by atoms with E-state index in [-0.39, 0.29) is 24.4 Å². The van der Waals surface area contributed by atoms with E-state index >= 15 is 0 Å². The zero-order chi connectivity index (χ0) is 19.2. The molecule has 6 nitrogen and oxygen atoms in total. The number of amides is 1. The minimum absolute atomic E-state index is 0.0994. The van der Waals surface area contributed by atoms with Crippen molar-refractivity contribution in [3.8, 4) is 0 Å². The highest BCUT2D eigenvalue weighted by Gasteiger charge is 2.50. The third-order valence-electron chi connectivity index (χ3n) is 5.12. The molecule has 4 rings (SSSR count). The van der Waals surface area contributed by atoms with Gasteiger partial charge in [-0.1, -0.05) is 0 Å². The van der Waals surface area contributed by atoms with Crippen molar-refractivity contribution >= 4 is 15.9 Å². The molecule has 3 atom stereocenters. The van der Waals surface area contributed by atoms with E-state index in [4.69, 9.17) is 0 Å². The number of halogens is 2. The lowest BCUT2D eigenvalue weighted by atomic mass is 10.1. The van der Waals surface area contributed by atoms with Crippen molar-refractivity contribution in [3.05, 3.63) is 59.9 Å². The van der Waals surface area contributed by atoms with Gasteiger partial charge in [-0.2, -0.15) is 4.31 Å². The smallest absolute Gasteiger partial charge is 0.253 e. The number of rotatable bonds is 4. The number of pyridine rings is 1. The maximum absolute atomic E-state index is 13.5. The first kappa shape index (κ1) is 18.0. The number of aromatic nitrogens is 1. The summed E-state index contributed by atoms with van der Waals surface area (Å²) in [7, 11) is -4.06. The summed E-state index contributed by atoms with van der Waals surface area (Å²) in [5.41, 5.74) is 0.391. The topological polar surface area (TPSA) is 79.4 Å². The van der Waals surface area contributed by atoms with Gasteiger partial charge in [0.15, 0.2) is 0 Å². The summed E-state index contributed by atoms with van der Waals surface area (Å²) in [5, 5.41) is 2.87. The van der Waals surface area contributed by atoms with Crippen molar-refractivity contribution < 1.29 is 22.0 Å². The Morgan fingerprint density at radius 3 is 2.56 bits per heavy atom. The first-order valence-electron chi connectivity index (χ1n) is 8.53. The molecule has 1 amide bonds. The molecule has 1 saturated heterocycles. The molecule has 1 N–H and O–H groups in total. The molecule has 2 aliphatic rings. The van der Waals surface area contributed by atoms with E-state index in [9.17, 15) is 22.0 Å². The average molecular weight is 393 g/mol. The van der Waals surface area contributed by atoms with E-state index in [1.165, 1.54) is 10.5 Å². The fourth-order valence-corrected chi connectivity index (χ4v) is 5.76. The van der Waals surface area contributed by atoms with Gasteiger partial charge in [0.25, 0.3) is 5.91 Å². The second-order valence-corrected chi connectivity index (χ2v) is 8.80. The van der Waals surface area contributed by atoms with Crippen LogP contribution < -0.4 is 5.32 Å². The molecule has 3 unspecified atom stereocenters. The number of hydrogen-bond donors (Lipinski definition) is 1. The fourth-order valence-electron chi connectivity index (χ4n) is 3.97. The molecule has 9 heteroatoms. The molecule has 2 aromatic rings. The lowest BCUT2D eigenvalue weighted by molar-refractivity contribution is 0.0916. The molecule has 2 fully saturated rings. The highest BCUT2D eigenvalue weighted by molar-refractivity contribution is 7.89. The lowest BCUT2D eigenvalue weighted by Gasteiger charge is -2.32. The Balaban J connectivity index is 1.56. The standard InChI is InChI=1S/C18H17F2N3O3S/c19-13-6-14(20)8-15(7-13)27(25,26)23-10-11-4-16(17(23)5-11)22-18(24)12-2-1-3-21-9-12/h1-3,6-9,11,16-17H,4-5,10H2,(H,22,24). The molecule has 1 aromatic carbocycles. The van der Waals surface area contributed by atoms with E-state index in [0.717, 1.165) is 12.1 Å².